The van der Waals surface area contributed by atoms with Crippen LogP contribution in [0.2, 0.25) is 0 Å². The van der Waals surface area contributed by atoms with E-state index in [0.29, 0.717) is 26.2 Å². The number of hydrogen-bond donors (Lipinski definition) is 1. The minimum atomic E-state index is -0.949. The highest BCUT2D eigenvalue weighted by atomic mass is 19.1. The van der Waals surface area contributed by atoms with Gasteiger partial charge in [0.2, 0.25) is 0 Å². The van der Waals surface area contributed by atoms with Gasteiger partial charge in [0.15, 0.2) is 5.79 Å². The number of nitrogens with one attached hydrogen (secondary N) is 1. The molecule has 0 amide bonds. The van der Waals surface area contributed by atoms with Crippen molar-refractivity contribution in [2.75, 3.05) is 13.2 Å². The van der Waals surface area contributed by atoms with Gasteiger partial charge in [-0.3, -0.25) is 0 Å². The van der Waals surface area contributed by atoms with E-state index < -0.39 is 12.0 Å². The molecule has 2 atom stereocenters. The predicted molar refractivity (Wildman–Crippen MR) is 77.2 cm³/mol. The molecule has 1 aliphatic heterocycles. The number of aryl methyl sites for hydroxylation is 1. The van der Waals surface area contributed by atoms with Crippen LogP contribution >= 0.6 is 0 Å². The third-order valence-corrected chi connectivity index (χ3v) is 5.16. The van der Waals surface area contributed by atoms with E-state index in [-0.39, 0.29) is 6.04 Å². The molecule has 22 heavy (non-hydrogen) atoms. The molecule has 1 N–H and O–H groups in total. The molecule has 3 aliphatic rings. The molecule has 0 radical (unpaired) electrons. The number of fused-ring (bicyclic) bond motifs is 1. The Bertz CT molecular complexity index is 527. The molecule has 0 bridgehead atoms. The lowest BCUT2D eigenvalue weighted by Gasteiger charge is -2.37. The Morgan fingerprint density at radius 3 is 2.86 bits per heavy atom. The predicted octanol–water partition coefficient (Wildman–Crippen LogP) is 2.28. The second-order valence-corrected chi connectivity index (χ2v) is 6.59. The van der Waals surface area contributed by atoms with Crippen molar-refractivity contribution in [3.05, 3.63) is 17.0 Å². The maximum absolute atomic E-state index is 14.4. The zero-order valence-corrected chi connectivity index (χ0v) is 12.8. The van der Waals surface area contributed by atoms with E-state index in [1.807, 2.05) is 0 Å². The van der Waals surface area contributed by atoms with Crippen molar-refractivity contribution in [2.24, 2.45) is 0 Å². The Kier molecular flexibility index (Phi) is 3.92. The van der Waals surface area contributed by atoms with Crippen molar-refractivity contribution in [1.29, 1.82) is 0 Å². The van der Waals surface area contributed by atoms with Gasteiger partial charge in [-0.2, -0.15) is 0 Å². The van der Waals surface area contributed by atoms with Gasteiger partial charge in [0.05, 0.1) is 13.2 Å². The summed E-state index contributed by atoms with van der Waals surface area (Å²) in [6.45, 7) is 1.74. The number of aromatic nitrogens is 1. The highest BCUT2D eigenvalue weighted by molar-refractivity contribution is 5.25. The Balaban J connectivity index is 1.35. The fourth-order valence-electron chi connectivity index (χ4n) is 3.90. The van der Waals surface area contributed by atoms with Gasteiger partial charge in [-0.05, 0) is 25.7 Å². The SMILES string of the molecule is F[C@H]1CC2(CC[C@@H]1NCc1noc3c1CCCC3)OCCO2. The van der Waals surface area contributed by atoms with E-state index in [4.69, 9.17) is 14.0 Å². The summed E-state index contributed by atoms with van der Waals surface area (Å²) in [5.41, 5.74) is 2.19. The first-order valence-electron chi connectivity index (χ1n) is 8.37. The average molecular weight is 310 g/mol. The fourth-order valence-corrected chi connectivity index (χ4v) is 3.90. The van der Waals surface area contributed by atoms with E-state index in [2.05, 4.69) is 10.5 Å². The van der Waals surface area contributed by atoms with Crippen molar-refractivity contribution in [3.63, 3.8) is 0 Å². The molecule has 5 nitrogen and oxygen atoms in total. The summed E-state index contributed by atoms with van der Waals surface area (Å²) in [4.78, 5) is 0. The van der Waals surface area contributed by atoms with Crippen LogP contribution in [0.15, 0.2) is 4.52 Å². The second kappa shape index (κ2) is 5.91. The standard InChI is InChI=1S/C16H23FN2O3/c17-12-9-16(20-7-8-21-16)6-5-13(12)18-10-14-11-3-1-2-4-15(11)22-19-14/h12-13,18H,1-10H2/t12-,13-/m0/s1. The summed E-state index contributed by atoms with van der Waals surface area (Å²) in [5.74, 6) is 0.361. The van der Waals surface area contributed by atoms with Crippen molar-refractivity contribution in [1.82, 2.24) is 10.5 Å². The summed E-state index contributed by atoms with van der Waals surface area (Å²) < 4.78 is 31.1. The molecule has 2 fully saturated rings. The lowest BCUT2D eigenvalue weighted by molar-refractivity contribution is -0.192. The van der Waals surface area contributed by atoms with Crippen LogP contribution in [0.3, 0.4) is 0 Å². The van der Waals surface area contributed by atoms with Gasteiger partial charge in [0.1, 0.15) is 17.6 Å². The van der Waals surface area contributed by atoms with Gasteiger partial charge in [-0.1, -0.05) is 5.16 Å². The van der Waals surface area contributed by atoms with Gasteiger partial charge < -0.3 is 19.3 Å². The number of nitrogens with zero attached hydrogens (tertiary/aromatic N) is 1. The van der Waals surface area contributed by atoms with E-state index in [1.54, 1.807) is 0 Å². The first kappa shape index (κ1) is 14.6. The van der Waals surface area contributed by atoms with Crippen LogP contribution in [0.4, 0.5) is 4.39 Å². The van der Waals surface area contributed by atoms with Gasteiger partial charge >= 0.3 is 0 Å². The number of rotatable bonds is 3. The summed E-state index contributed by atoms with van der Waals surface area (Å²) in [6, 6.07) is -0.158. The minimum Gasteiger partial charge on any atom is -0.361 e. The first-order valence-corrected chi connectivity index (χ1v) is 8.37. The monoisotopic (exact) mass is 310 g/mol. The van der Waals surface area contributed by atoms with E-state index in [0.717, 1.165) is 37.1 Å². The van der Waals surface area contributed by atoms with Crippen LogP contribution < -0.4 is 5.32 Å². The summed E-state index contributed by atoms with van der Waals surface area (Å²) in [6.07, 6.45) is 5.22. The lowest BCUT2D eigenvalue weighted by Crippen LogP contribution is -2.49. The number of hydrogen-bond acceptors (Lipinski definition) is 5. The molecule has 2 aliphatic carbocycles. The Hall–Kier alpha value is -0.980. The van der Waals surface area contributed by atoms with Crippen molar-refractivity contribution >= 4 is 0 Å². The van der Waals surface area contributed by atoms with Crippen LogP contribution in [-0.2, 0) is 28.9 Å². The molecule has 4 rings (SSSR count). The first-order chi connectivity index (χ1) is 10.8. The molecule has 1 saturated heterocycles. The van der Waals surface area contributed by atoms with Crippen molar-refractivity contribution in [3.8, 4) is 0 Å². The molecule has 6 heteroatoms. The molecule has 0 unspecified atom stereocenters. The molecule has 1 saturated carbocycles. The van der Waals surface area contributed by atoms with Crippen LogP contribution in [0.1, 0.15) is 49.1 Å². The second-order valence-electron chi connectivity index (χ2n) is 6.59. The highest BCUT2D eigenvalue weighted by Gasteiger charge is 2.45. The third-order valence-electron chi connectivity index (χ3n) is 5.16. The fraction of sp³-hybridized carbons (Fsp3) is 0.812. The van der Waals surface area contributed by atoms with Gasteiger partial charge in [0, 0.05) is 37.4 Å². The van der Waals surface area contributed by atoms with Gasteiger partial charge in [-0.25, -0.2) is 4.39 Å². The quantitative estimate of drug-likeness (QED) is 0.928. The Morgan fingerprint density at radius 2 is 2.05 bits per heavy atom. The normalized spacial score (nSPS) is 30.6. The minimum absolute atomic E-state index is 0.158. The Morgan fingerprint density at radius 1 is 1.23 bits per heavy atom. The third kappa shape index (κ3) is 2.68. The highest BCUT2D eigenvalue weighted by Crippen LogP contribution is 2.37. The zero-order valence-electron chi connectivity index (χ0n) is 12.8. The number of halogens is 1. The van der Waals surface area contributed by atoms with E-state index in [1.165, 1.54) is 18.4 Å². The molecule has 1 aromatic heterocycles. The smallest absolute Gasteiger partial charge is 0.171 e. The Labute approximate surface area is 129 Å². The average Bonchev–Trinajstić information content (AvgIpc) is 3.14. The van der Waals surface area contributed by atoms with Crippen molar-refractivity contribution in [2.45, 2.75) is 69.5 Å². The molecule has 0 aromatic carbocycles. The maximum atomic E-state index is 14.4. The largest absolute Gasteiger partial charge is 0.361 e. The van der Waals surface area contributed by atoms with Gasteiger partial charge in [-0.15, -0.1) is 0 Å². The molecular formula is C16H23FN2O3. The van der Waals surface area contributed by atoms with E-state index >= 15 is 0 Å². The topological polar surface area (TPSA) is 56.5 Å². The van der Waals surface area contributed by atoms with Gasteiger partial charge in [0.25, 0.3) is 0 Å². The summed E-state index contributed by atoms with van der Waals surface area (Å²) in [7, 11) is 0. The van der Waals surface area contributed by atoms with Crippen LogP contribution in [0, 0.1) is 0 Å². The molecule has 1 spiro atoms. The molecular weight excluding hydrogens is 287 g/mol. The number of ether oxygens (including phenoxy) is 2. The number of alkyl halides is 1. The van der Waals surface area contributed by atoms with Crippen LogP contribution in [0.25, 0.3) is 0 Å². The summed E-state index contributed by atoms with van der Waals surface area (Å²) in [5, 5.41) is 7.49. The van der Waals surface area contributed by atoms with E-state index in [9.17, 15) is 4.39 Å². The molecule has 2 heterocycles. The maximum Gasteiger partial charge on any atom is 0.171 e. The molecule has 122 valence electrons. The van der Waals surface area contributed by atoms with Crippen LogP contribution in [-0.4, -0.2) is 36.4 Å². The van der Waals surface area contributed by atoms with Crippen LogP contribution in [0.5, 0.6) is 0 Å². The van der Waals surface area contributed by atoms with Crippen molar-refractivity contribution < 1.29 is 18.4 Å². The lowest BCUT2D eigenvalue weighted by atomic mass is 9.88. The summed E-state index contributed by atoms with van der Waals surface area (Å²) >= 11 is 0. The molecule has 1 aromatic rings. The zero-order chi connectivity index (χ0) is 15.0.